The second kappa shape index (κ2) is 6.99. The third kappa shape index (κ3) is 3.90. The highest BCUT2D eigenvalue weighted by atomic mass is 19.2. The normalized spacial score (nSPS) is 22.8. The quantitative estimate of drug-likeness (QED) is 0.739. The summed E-state index contributed by atoms with van der Waals surface area (Å²) in [6.07, 6.45) is 2.46. The van der Waals surface area contributed by atoms with Crippen LogP contribution in [-0.4, -0.2) is 41.9 Å². The number of nitrogens with zero attached hydrogens (tertiary/aromatic N) is 1. The van der Waals surface area contributed by atoms with Crippen LogP contribution < -0.4 is 0 Å². The number of amides is 1. The summed E-state index contributed by atoms with van der Waals surface area (Å²) in [5.74, 6) is -1.58. The third-order valence-corrected chi connectivity index (χ3v) is 4.65. The van der Waals surface area contributed by atoms with Gasteiger partial charge in [-0.2, -0.15) is 0 Å². The van der Waals surface area contributed by atoms with E-state index in [9.17, 15) is 13.6 Å². The molecule has 0 aromatic heterocycles. The first-order chi connectivity index (χ1) is 12.2. The van der Waals surface area contributed by atoms with Crippen LogP contribution in [-0.2, 0) is 15.9 Å². The minimum atomic E-state index is -0.794. The van der Waals surface area contributed by atoms with Gasteiger partial charge < -0.3 is 9.47 Å². The summed E-state index contributed by atoms with van der Waals surface area (Å²) in [6.45, 7) is 7.83. The molecule has 1 aromatic carbocycles. The molecular formula is C20H25F2NO3. The van der Waals surface area contributed by atoms with Crippen LogP contribution in [0.1, 0.15) is 38.3 Å². The topological polar surface area (TPSA) is 38.8 Å². The molecule has 26 heavy (non-hydrogen) atoms. The number of rotatable bonds is 2. The maximum absolute atomic E-state index is 14.2. The Bertz CT molecular complexity index is 739. The average molecular weight is 365 g/mol. The van der Waals surface area contributed by atoms with Crippen molar-refractivity contribution in [3.63, 3.8) is 0 Å². The lowest BCUT2D eigenvalue weighted by molar-refractivity contribution is -0.0536. The zero-order chi connectivity index (χ0) is 19.1. The molecule has 0 aliphatic carbocycles. The standard InChI is InChI=1S/C20H25F2NO3/c1-12-5-6-14(18(22)17(12)21)7-13-8-15-10-25-11-16(9-13)23(15)19(24)26-20(2,3)4/h5-6,8,15-16H,7,9-11H2,1-4H3. The van der Waals surface area contributed by atoms with Crippen LogP contribution in [0.25, 0.3) is 0 Å². The highest BCUT2D eigenvalue weighted by Gasteiger charge is 2.40. The molecule has 2 aliphatic rings. The second-order valence-corrected chi connectivity index (χ2v) is 8.02. The van der Waals surface area contributed by atoms with Crippen LogP contribution in [0.5, 0.6) is 0 Å². The summed E-state index contributed by atoms with van der Waals surface area (Å²) < 4.78 is 39.1. The van der Waals surface area contributed by atoms with Crippen molar-refractivity contribution in [2.75, 3.05) is 13.2 Å². The smallest absolute Gasteiger partial charge is 0.411 e. The number of benzene rings is 1. The van der Waals surface area contributed by atoms with Crippen molar-refractivity contribution in [3.8, 4) is 0 Å². The van der Waals surface area contributed by atoms with E-state index in [4.69, 9.17) is 9.47 Å². The number of fused-ring (bicyclic) bond motifs is 2. The molecule has 1 fully saturated rings. The minimum Gasteiger partial charge on any atom is -0.444 e. The van der Waals surface area contributed by atoms with Gasteiger partial charge in [0.05, 0.1) is 25.3 Å². The number of carbonyl (C=O) groups is 1. The fraction of sp³-hybridized carbons (Fsp3) is 0.550. The average Bonchev–Trinajstić information content (AvgIpc) is 2.53. The van der Waals surface area contributed by atoms with Crippen molar-refractivity contribution in [1.82, 2.24) is 4.90 Å². The molecule has 2 aliphatic heterocycles. The molecule has 2 unspecified atom stereocenters. The van der Waals surface area contributed by atoms with E-state index in [0.29, 0.717) is 37.2 Å². The Morgan fingerprint density at radius 3 is 2.65 bits per heavy atom. The number of hydrogen-bond acceptors (Lipinski definition) is 3. The molecule has 0 spiro atoms. The van der Waals surface area contributed by atoms with Gasteiger partial charge in [0.25, 0.3) is 0 Å². The van der Waals surface area contributed by atoms with E-state index in [-0.39, 0.29) is 18.2 Å². The Morgan fingerprint density at radius 1 is 1.27 bits per heavy atom. The number of ether oxygens (including phenoxy) is 2. The van der Waals surface area contributed by atoms with Crippen molar-refractivity contribution in [3.05, 3.63) is 46.5 Å². The van der Waals surface area contributed by atoms with Gasteiger partial charge in [0.15, 0.2) is 11.6 Å². The molecule has 142 valence electrons. The number of aryl methyl sites for hydroxylation is 1. The van der Waals surface area contributed by atoms with E-state index in [1.165, 1.54) is 0 Å². The predicted octanol–water partition coefficient (Wildman–Crippen LogP) is 4.15. The lowest BCUT2D eigenvalue weighted by atomic mass is 9.90. The summed E-state index contributed by atoms with van der Waals surface area (Å²) in [5, 5.41) is 0. The largest absolute Gasteiger partial charge is 0.444 e. The molecule has 1 saturated heterocycles. The SMILES string of the molecule is Cc1ccc(CC2=CC3COCC(C2)N3C(=O)OC(C)(C)C)c(F)c1F. The molecule has 0 saturated carbocycles. The molecule has 2 heterocycles. The van der Waals surface area contributed by atoms with Crippen molar-refractivity contribution in [2.24, 2.45) is 0 Å². The Hall–Kier alpha value is -1.95. The molecule has 2 atom stereocenters. The summed E-state index contributed by atoms with van der Waals surface area (Å²) in [6, 6.07) is 2.82. The molecule has 1 aromatic rings. The van der Waals surface area contributed by atoms with Crippen LogP contribution in [0.15, 0.2) is 23.8 Å². The zero-order valence-electron chi connectivity index (χ0n) is 15.6. The second-order valence-electron chi connectivity index (χ2n) is 8.02. The van der Waals surface area contributed by atoms with E-state index in [0.717, 1.165) is 5.57 Å². The molecular weight excluding hydrogens is 340 g/mol. The van der Waals surface area contributed by atoms with Crippen LogP contribution >= 0.6 is 0 Å². The van der Waals surface area contributed by atoms with E-state index in [1.54, 1.807) is 24.0 Å². The highest BCUT2D eigenvalue weighted by molar-refractivity contribution is 5.70. The fourth-order valence-corrected chi connectivity index (χ4v) is 3.48. The number of hydrogen-bond donors (Lipinski definition) is 0. The summed E-state index contributed by atoms with van der Waals surface area (Å²) >= 11 is 0. The fourth-order valence-electron chi connectivity index (χ4n) is 3.48. The lowest BCUT2D eigenvalue weighted by Gasteiger charge is -2.44. The van der Waals surface area contributed by atoms with Gasteiger partial charge in [0.2, 0.25) is 0 Å². The number of morpholine rings is 1. The van der Waals surface area contributed by atoms with E-state index in [2.05, 4.69) is 0 Å². The van der Waals surface area contributed by atoms with Gasteiger partial charge >= 0.3 is 6.09 Å². The first-order valence-electron chi connectivity index (χ1n) is 8.88. The van der Waals surface area contributed by atoms with Gasteiger partial charge in [-0.15, -0.1) is 0 Å². The van der Waals surface area contributed by atoms with Gasteiger partial charge in [-0.25, -0.2) is 13.6 Å². The molecule has 2 bridgehead atoms. The van der Waals surface area contributed by atoms with Crippen LogP contribution in [0, 0.1) is 18.6 Å². The lowest BCUT2D eigenvalue weighted by Crippen LogP contribution is -2.57. The maximum atomic E-state index is 14.2. The molecule has 6 heteroatoms. The number of carbonyl (C=O) groups excluding carboxylic acids is 1. The highest BCUT2D eigenvalue weighted by Crippen LogP contribution is 2.31. The van der Waals surface area contributed by atoms with Gasteiger partial charge in [-0.05, 0) is 51.7 Å². The van der Waals surface area contributed by atoms with Gasteiger partial charge in [-0.3, -0.25) is 4.90 Å². The molecule has 1 amide bonds. The van der Waals surface area contributed by atoms with E-state index < -0.39 is 17.2 Å². The van der Waals surface area contributed by atoms with E-state index in [1.807, 2.05) is 26.8 Å². The van der Waals surface area contributed by atoms with Crippen LogP contribution in [0.2, 0.25) is 0 Å². The maximum Gasteiger partial charge on any atom is 0.411 e. The zero-order valence-corrected chi connectivity index (χ0v) is 15.6. The number of halogens is 2. The van der Waals surface area contributed by atoms with Crippen LogP contribution in [0.4, 0.5) is 13.6 Å². The molecule has 0 N–H and O–H groups in total. The van der Waals surface area contributed by atoms with Gasteiger partial charge in [0.1, 0.15) is 5.60 Å². The summed E-state index contributed by atoms with van der Waals surface area (Å²) in [5.41, 5.74) is 1.05. The van der Waals surface area contributed by atoms with Crippen LogP contribution in [0.3, 0.4) is 0 Å². The molecule has 0 radical (unpaired) electrons. The van der Waals surface area contributed by atoms with Crippen molar-refractivity contribution in [2.45, 2.75) is 58.2 Å². The van der Waals surface area contributed by atoms with E-state index >= 15 is 0 Å². The Balaban J connectivity index is 1.80. The Morgan fingerprint density at radius 2 is 2.00 bits per heavy atom. The van der Waals surface area contributed by atoms with Crippen molar-refractivity contribution >= 4 is 6.09 Å². The molecule has 3 rings (SSSR count). The third-order valence-electron chi connectivity index (χ3n) is 4.65. The van der Waals surface area contributed by atoms with Gasteiger partial charge in [-0.1, -0.05) is 23.8 Å². The van der Waals surface area contributed by atoms with Crippen molar-refractivity contribution in [1.29, 1.82) is 0 Å². The molecule has 4 nitrogen and oxygen atoms in total. The summed E-state index contributed by atoms with van der Waals surface area (Å²) in [7, 11) is 0. The Labute approximate surface area is 152 Å². The first kappa shape index (κ1) is 18.8. The predicted molar refractivity (Wildman–Crippen MR) is 94.0 cm³/mol. The first-order valence-corrected chi connectivity index (χ1v) is 8.88. The summed E-state index contributed by atoms with van der Waals surface area (Å²) in [4.78, 5) is 14.3. The van der Waals surface area contributed by atoms with Crippen molar-refractivity contribution < 1.29 is 23.0 Å². The minimum absolute atomic E-state index is 0.151. The monoisotopic (exact) mass is 365 g/mol. The Kier molecular flexibility index (Phi) is 5.06. The van der Waals surface area contributed by atoms with Gasteiger partial charge in [0, 0.05) is 0 Å².